The van der Waals surface area contributed by atoms with Crippen molar-refractivity contribution in [2.24, 2.45) is 0 Å². The number of rotatable bonds is 11. The Bertz CT molecular complexity index is 982. The van der Waals surface area contributed by atoms with Gasteiger partial charge in [-0.1, -0.05) is 103 Å². The van der Waals surface area contributed by atoms with E-state index >= 15 is 0 Å². The Labute approximate surface area is 189 Å². The summed E-state index contributed by atoms with van der Waals surface area (Å²) in [5.74, 6) is -0.438. The molecule has 0 saturated heterocycles. The van der Waals surface area contributed by atoms with Gasteiger partial charge < -0.3 is 14.2 Å². The van der Waals surface area contributed by atoms with Gasteiger partial charge >= 0.3 is 5.97 Å². The van der Waals surface area contributed by atoms with Crippen LogP contribution in [0.2, 0.25) is 0 Å². The van der Waals surface area contributed by atoms with Gasteiger partial charge in [0.2, 0.25) is 0 Å². The third-order valence-electron chi connectivity index (χ3n) is 4.80. The highest BCUT2D eigenvalue weighted by molar-refractivity contribution is 5.81. The van der Waals surface area contributed by atoms with Crippen LogP contribution in [0.1, 0.15) is 16.7 Å². The minimum atomic E-state index is -0.488. The van der Waals surface area contributed by atoms with E-state index in [0.717, 1.165) is 16.7 Å². The normalized spacial score (nSPS) is 13.3. The molecule has 164 valence electrons. The highest BCUT2D eigenvalue weighted by Gasteiger charge is 2.19. The first-order valence-corrected chi connectivity index (χ1v) is 10.5. The lowest BCUT2D eigenvalue weighted by Gasteiger charge is -2.23. The molecular formula is C28H28O4. The summed E-state index contributed by atoms with van der Waals surface area (Å²) in [4.78, 5) is 11.7. The Morgan fingerprint density at radius 1 is 0.719 bits per heavy atom. The second-order valence-corrected chi connectivity index (χ2v) is 7.17. The van der Waals surface area contributed by atoms with Crippen LogP contribution < -0.4 is 0 Å². The molecule has 0 aliphatic rings. The Hall–Kier alpha value is -3.47. The van der Waals surface area contributed by atoms with Crippen molar-refractivity contribution in [3.63, 3.8) is 0 Å². The van der Waals surface area contributed by atoms with Crippen LogP contribution in [0.4, 0.5) is 0 Å². The zero-order valence-electron chi connectivity index (χ0n) is 18.2. The van der Waals surface area contributed by atoms with Gasteiger partial charge in [0, 0.05) is 6.08 Å². The summed E-state index contributed by atoms with van der Waals surface area (Å²) >= 11 is 0. The fraction of sp³-hybridized carbons (Fsp3) is 0.179. The molecule has 2 atom stereocenters. The molecule has 4 heteroatoms. The van der Waals surface area contributed by atoms with Crippen LogP contribution in [0.15, 0.2) is 109 Å². The summed E-state index contributed by atoms with van der Waals surface area (Å²) in [5, 5.41) is 0. The largest absolute Gasteiger partial charge is 0.466 e. The molecule has 3 aromatic carbocycles. The number of hydrogen-bond acceptors (Lipinski definition) is 4. The van der Waals surface area contributed by atoms with Gasteiger partial charge in [-0.3, -0.25) is 0 Å². The van der Waals surface area contributed by atoms with Gasteiger partial charge in [0.15, 0.2) is 0 Å². The summed E-state index contributed by atoms with van der Waals surface area (Å²) in [6.45, 7) is 0.809. The van der Waals surface area contributed by atoms with E-state index in [1.807, 2.05) is 103 Å². The van der Waals surface area contributed by atoms with Crippen molar-refractivity contribution in [2.45, 2.75) is 25.4 Å². The number of carbonyl (C=O) groups is 1. The van der Waals surface area contributed by atoms with Gasteiger partial charge in [0.25, 0.3) is 0 Å². The van der Waals surface area contributed by atoms with Crippen molar-refractivity contribution in [3.8, 4) is 0 Å². The number of benzene rings is 3. The molecular weight excluding hydrogens is 400 g/mol. The molecule has 3 aromatic rings. The fourth-order valence-corrected chi connectivity index (χ4v) is 3.06. The lowest BCUT2D eigenvalue weighted by Crippen LogP contribution is -2.28. The second kappa shape index (κ2) is 13.1. The third kappa shape index (κ3) is 7.99. The van der Waals surface area contributed by atoms with Crippen LogP contribution in [-0.2, 0) is 32.2 Å². The van der Waals surface area contributed by atoms with E-state index in [9.17, 15) is 4.79 Å². The molecule has 0 spiro atoms. The third-order valence-corrected chi connectivity index (χ3v) is 4.80. The Morgan fingerprint density at radius 3 is 1.69 bits per heavy atom. The molecule has 0 amide bonds. The zero-order valence-corrected chi connectivity index (χ0v) is 18.2. The summed E-state index contributed by atoms with van der Waals surface area (Å²) in [6, 6.07) is 29.9. The van der Waals surface area contributed by atoms with E-state index in [0.29, 0.717) is 13.2 Å². The van der Waals surface area contributed by atoms with E-state index in [1.54, 1.807) is 6.08 Å². The minimum Gasteiger partial charge on any atom is -0.466 e. The molecule has 0 aliphatic heterocycles. The van der Waals surface area contributed by atoms with E-state index in [1.165, 1.54) is 13.2 Å². The van der Waals surface area contributed by atoms with Gasteiger partial charge in [0.1, 0.15) is 12.2 Å². The summed E-state index contributed by atoms with van der Waals surface area (Å²) in [6.07, 6.45) is 6.14. The average Bonchev–Trinajstić information content (AvgIpc) is 2.86. The zero-order chi connectivity index (χ0) is 22.4. The van der Waals surface area contributed by atoms with Gasteiger partial charge in [-0.2, -0.15) is 0 Å². The topological polar surface area (TPSA) is 44.8 Å². The highest BCUT2D eigenvalue weighted by atomic mass is 16.5. The molecule has 0 unspecified atom stereocenters. The maximum Gasteiger partial charge on any atom is 0.330 e. The first kappa shape index (κ1) is 23.2. The molecule has 0 N–H and O–H groups in total. The monoisotopic (exact) mass is 428 g/mol. The lowest BCUT2D eigenvalue weighted by atomic mass is 10.1. The second-order valence-electron chi connectivity index (χ2n) is 7.17. The summed E-state index contributed by atoms with van der Waals surface area (Å²) in [7, 11) is 1.35. The quantitative estimate of drug-likeness (QED) is 0.295. The van der Waals surface area contributed by atoms with E-state index in [-0.39, 0.29) is 0 Å². The fourth-order valence-electron chi connectivity index (χ4n) is 3.06. The SMILES string of the molecule is COC(=O)/C=C/[C@@H](OCc1ccccc1)[C@H](/C=C/c1ccccc1)OCc1ccccc1. The predicted molar refractivity (Wildman–Crippen MR) is 127 cm³/mol. The van der Waals surface area contributed by atoms with Crippen LogP contribution in [0.5, 0.6) is 0 Å². The number of methoxy groups -OCH3 is 1. The molecule has 0 radical (unpaired) electrons. The van der Waals surface area contributed by atoms with Crippen LogP contribution >= 0.6 is 0 Å². The molecule has 0 bridgehead atoms. The minimum absolute atomic E-state index is 0.390. The van der Waals surface area contributed by atoms with E-state index in [2.05, 4.69) is 0 Å². The molecule has 0 aromatic heterocycles. The van der Waals surface area contributed by atoms with Crippen LogP contribution in [0.25, 0.3) is 6.08 Å². The van der Waals surface area contributed by atoms with E-state index in [4.69, 9.17) is 14.2 Å². The highest BCUT2D eigenvalue weighted by Crippen LogP contribution is 2.16. The molecule has 0 heterocycles. The first-order chi connectivity index (χ1) is 15.7. The lowest BCUT2D eigenvalue weighted by molar-refractivity contribution is -0.135. The van der Waals surface area contributed by atoms with Crippen LogP contribution in [-0.4, -0.2) is 25.3 Å². The van der Waals surface area contributed by atoms with Crippen molar-refractivity contribution in [2.75, 3.05) is 7.11 Å². The molecule has 32 heavy (non-hydrogen) atoms. The van der Waals surface area contributed by atoms with Gasteiger partial charge in [-0.05, 0) is 22.8 Å². The summed E-state index contributed by atoms with van der Waals surface area (Å²) < 4.78 is 17.2. The Balaban J connectivity index is 1.81. The summed E-state index contributed by atoms with van der Waals surface area (Å²) in [5.41, 5.74) is 3.15. The van der Waals surface area contributed by atoms with Gasteiger partial charge in [0.05, 0.1) is 20.3 Å². The van der Waals surface area contributed by atoms with Crippen LogP contribution in [0.3, 0.4) is 0 Å². The van der Waals surface area contributed by atoms with Crippen molar-refractivity contribution in [3.05, 3.63) is 126 Å². The van der Waals surface area contributed by atoms with Crippen molar-refractivity contribution in [1.82, 2.24) is 0 Å². The Morgan fingerprint density at radius 2 is 1.19 bits per heavy atom. The molecule has 4 nitrogen and oxygen atoms in total. The molecule has 3 rings (SSSR count). The Kier molecular flexibility index (Phi) is 9.46. The van der Waals surface area contributed by atoms with Gasteiger partial charge in [-0.25, -0.2) is 4.79 Å². The van der Waals surface area contributed by atoms with Crippen molar-refractivity contribution >= 4 is 12.0 Å². The maximum atomic E-state index is 11.7. The maximum absolute atomic E-state index is 11.7. The standard InChI is InChI=1S/C28H28O4/c1-30-28(29)20-19-27(32-22-25-15-9-4-10-16-25)26(18-17-23-11-5-2-6-12-23)31-21-24-13-7-3-8-14-24/h2-20,26-27H,21-22H2,1H3/b18-17+,20-19+/t26-,27+/m0/s1. The number of esters is 1. The molecule has 0 fully saturated rings. The molecule has 0 aliphatic carbocycles. The first-order valence-electron chi connectivity index (χ1n) is 10.5. The molecule has 0 saturated carbocycles. The average molecular weight is 429 g/mol. The van der Waals surface area contributed by atoms with Crippen molar-refractivity contribution in [1.29, 1.82) is 0 Å². The number of hydrogen-bond donors (Lipinski definition) is 0. The van der Waals surface area contributed by atoms with Crippen LogP contribution in [0, 0.1) is 0 Å². The van der Waals surface area contributed by atoms with Crippen molar-refractivity contribution < 1.29 is 19.0 Å². The van der Waals surface area contributed by atoms with E-state index < -0.39 is 18.2 Å². The number of carbonyl (C=O) groups excluding carboxylic acids is 1. The smallest absolute Gasteiger partial charge is 0.330 e. The van der Waals surface area contributed by atoms with Gasteiger partial charge in [-0.15, -0.1) is 0 Å². The number of ether oxygens (including phenoxy) is 3. The predicted octanol–water partition coefficient (Wildman–Crippen LogP) is 5.60.